The zero-order valence-electron chi connectivity index (χ0n) is 10.2. The first-order valence-electron chi connectivity index (χ1n) is 5.76. The number of pyridine rings is 1. The molecule has 0 bridgehead atoms. The number of hydrogen-bond acceptors (Lipinski definition) is 2. The number of carboxylic acid groups (broad SMARTS) is 1. The molecule has 0 aliphatic rings. The van der Waals surface area contributed by atoms with E-state index in [0.29, 0.717) is 16.6 Å². The van der Waals surface area contributed by atoms with E-state index in [4.69, 9.17) is 0 Å². The van der Waals surface area contributed by atoms with Crippen LogP contribution >= 0.6 is 47.8 Å². The van der Waals surface area contributed by atoms with Gasteiger partial charge in [-0.1, -0.05) is 34.1 Å². The molecule has 0 amide bonds. The number of carboxylic acids is 1. The van der Waals surface area contributed by atoms with Gasteiger partial charge in [-0.05, 0) is 56.0 Å². The zero-order chi connectivity index (χ0) is 14.7. The summed E-state index contributed by atoms with van der Waals surface area (Å²) in [6.07, 6.45) is 1.99. The number of hydrogen-bond donors (Lipinski definition) is 1. The van der Waals surface area contributed by atoms with E-state index in [9.17, 15) is 9.90 Å². The van der Waals surface area contributed by atoms with Gasteiger partial charge in [-0.15, -0.1) is 0 Å². The first-order chi connectivity index (χ1) is 9.49. The predicted molar refractivity (Wildman–Crippen MR) is 87.9 cm³/mol. The van der Waals surface area contributed by atoms with Crippen molar-refractivity contribution in [2.75, 3.05) is 0 Å². The standard InChI is InChI=1S/C14H10Br3NO2/c15-9-6-12(17)13(18-7-9)10(14(19)20)5-8-3-1-2-4-11(8)16/h1-4,6-7,10H,5H2,(H,19,20). The van der Waals surface area contributed by atoms with Gasteiger partial charge < -0.3 is 5.11 Å². The molecule has 0 aliphatic carbocycles. The van der Waals surface area contributed by atoms with Crippen molar-refractivity contribution >= 4 is 53.8 Å². The molecule has 1 aromatic carbocycles. The van der Waals surface area contributed by atoms with Crippen molar-refractivity contribution in [2.45, 2.75) is 12.3 Å². The summed E-state index contributed by atoms with van der Waals surface area (Å²) in [5.41, 5.74) is 1.47. The van der Waals surface area contributed by atoms with Gasteiger partial charge >= 0.3 is 5.97 Å². The van der Waals surface area contributed by atoms with Gasteiger partial charge in [0.25, 0.3) is 0 Å². The third-order valence-electron chi connectivity index (χ3n) is 2.85. The van der Waals surface area contributed by atoms with Crippen LogP contribution in [-0.4, -0.2) is 16.1 Å². The second kappa shape index (κ2) is 6.83. The lowest BCUT2D eigenvalue weighted by Crippen LogP contribution is -2.16. The third-order valence-corrected chi connectivity index (χ3v) is 4.69. The lowest BCUT2D eigenvalue weighted by molar-refractivity contribution is -0.138. The maximum atomic E-state index is 11.6. The van der Waals surface area contributed by atoms with E-state index in [1.807, 2.05) is 24.3 Å². The summed E-state index contributed by atoms with van der Waals surface area (Å²) in [4.78, 5) is 15.8. The Kier molecular flexibility index (Phi) is 5.35. The van der Waals surface area contributed by atoms with Crippen LogP contribution in [0.1, 0.15) is 17.2 Å². The Morgan fingerprint density at radius 2 is 1.90 bits per heavy atom. The quantitative estimate of drug-likeness (QED) is 0.710. The summed E-state index contributed by atoms with van der Waals surface area (Å²) in [7, 11) is 0. The summed E-state index contributed by atoms with van der Waals surface area (Å²) >= 11 is 10.1. The van der Waals surface area contributed by atoms with Gasteiger partial charge in [0.2, 0.25) is 0 Å². The van der Waals surface area contributed by atoms with Gasteiger partial charge in [-0.25, -0.2) is 0 Å². The second-order valence-electron chi connectivity index (χ2n) is 4.21. The number of benzene rings is 1. The predicted octanol–water partition coefficient (Wildman–Crippen LogP) is 4.78. The van der Waals surface area contributed by atoms with Gasteiger partial charge in [0.1, 0.15) is 5.92 Å². The van der Waals surface area contributed by atoms with Crippen molar-refractivity contribution in [3.05, 3.63) is 61.2 Å². The summed E-state index contributed by atoms with van der Waals surface area (Å²) in [5.74, 6) is -1.59. The van der Waals surface area contributed by atoms with Crippen LogP contribution in [0.25, 0.3) is 0 Å². The highest BCUT2D eigenvalue weighted by Gasteiger charge is 2.25. The van der Waals surface area contributed by atoms with Gasteiger partial charge in [0, 0.05) is 19.6 Å². The second-order valence-corrected chi connectivity index (χ2v) is 6.83. The van der Waals surface area contributed by atoms with Crippen molar-refractivity contribution in [1.29, 1.82) is 0 Å². The zero-order valence-corrected chi connectivity index (χ0v) is 14.9. The summed E-state index contributed by atoms with van der Waals surface area (Å²) < 4.78 is 2.39. The molecule has 1 atom stereocenters. The molecular formula is C14H10Br3NO2. The van der Waals surface area contributed by atoms with E-state index in [-0.39, 0.29) is 0 Å². The fraction of sp³-hybridized carbons (Fsp3) is 0.143. The number of carbonyl (C=O) groups is 1. The molecule has 0 radical (unpaired) electrons. The summed E-state index contributed by atoms with van der Waals surface area (Å²) in [6, 6.07) is 9.41. The molecule has 0 spiro atoms. The normalized spacial score (nSPS) is 12.2. The van der Waals surface area contributed by atoms with Crippen molar-refractivity contribution < 1.29 is 9.90 Å². The maximum absolute atomic E-state index is 11.6. The smallest absolute Gasteiger partial charge is 0.312 e. The van der Waals surface area contributed by atoms with Crippen LogP contribution < -0.4 is 0 Å². The minimum absolute atomic E-state index is 0.379. The lowest BCUT2D eigenvalue weighted by atomic mass is 9.96. The number of rotatable bonds is 4. The van der Waals surface area contributed by atoms with E-state index in [2.05, 4.69) is 52.8 Å². The van der Waals surface area contributed by atoms with Crippen molar-refractivity contribution in [3.63, 3.8) is 0 Å². The first kappa shape index (κ1) is 15.7. The molecule has 1 N–H and O–H groups in total. The van der Waals surface area contributed by atoms with Crippen LogP contribution in [0.15, 0.2) is 49.9 Å². The molecule has 0 saturated heterocycles. The molecule has 20 heavy (non-hydrogen) atoms. The van der Waals surface area contributed by atoms with Crippen molar-refractivity contribution in [3.8, 4) is 0 Å². The topological polar surface area (TPSA) is 50.2 Å². The van der Waals surface area contributed by atoms with Crippen LogP contribution in [0.2, 0.25) is 0 Å². The molecule has 2 aromatic rings. The van der Waals surface area contributed by atoms with Gasteiger partial charge in [-0.3, -0.25) is 9.78 Å². The Morgan fingerprint density at radius 3 is 2.50 bits per heavy atom. The average Bonchev–Trinajstić information content (AvgIpc) is 2.38. The fourth-order valence-corrected chi connectivity index (χ4v) is 3.58. The van der Waals surface area contributed by atoms with Crippen LogP contribution in [0, 0.1) is 0 Å². The number of nitrogens with zero attached hydrogens (tertiary/aromatic N) is 1. The molecule has 104 valence electrons. The van der Waals surface area contributed by atoms with Gasteiger partial charge in [-0.2, -0.15) is 0 Å². The maximum Gasteiger partial charge on any atom is 0.312 e. The Bertz CT molecular complexity index is 646. The molecule has 1 aromatic heterocycles. The van der Waals surface area contributed by atoms with E-state index in [0.717, 1.165) is 14.5 Å². The highest BCUT2D eigenvalue weighted by Crippen LogP contribution is 2.30. The number of aromatic nitrogens is 1. The largest absolute Gasteiger partial charge is 0.481 e. The minimum Gasteiger partial charge on any atom is -0.481 e. The molecule has 3 nitrogen and oxygen atoms in total. The van der Waals surface area contributed by atoms with Crippen LogP contribution in [0.3, 0.4) is 0 Å². The number of halogens is 3. The summed E-state index contributed by atoms with van der Waals surface area (Å²) in [6.45, 7) is 0. The number of aliphatic carboxylic acids is 1. The van der Waals surface area contributed by atoms with E-state index in [1.165, 1.54) is 0 Å². The monoisotopic (exact) mass is 461 g/mol. The molecular weight excluding hydrogens is 454 g/mol. The van der Waals surface area contributed by atoms with Gasteiger partial charge in [0.05, 0.1) is 5.69 Å². The highest BCUT2D eigenvalue weighted by molar-refractivity contribution is 9.11. The molecule has 0 aliphatic heterocycles. The highest BCUT2D eigenvalue weighted by atomic mass is 79.9. The van der Waals surface area contributed by atoms with Gasteiger partial charge in [0.15, 0.2) is 0 Å². The Balaban J connectivity index is 2.37. The van der Waals surface area contributed by atoms with Crippen molar-refractivity contribution in [1.82, 2.24) is 4.98 Å². The fourth-order valence-electron chi connectivity index (χ4n) is 1.87. The SMILES string of the molecule is O=C(O)C(Cc1ccccc1Br)c1ncc(Br)cc1Br. The third kappa shape index (κ3) is 3.68. The molecule has 6 heteroatoms. The van der Waals surface area contributed by atoms with Crippen LogP contribution in [-0.2, 0) is 11.2 Å². The van der Waals surface area contributed by atoms with E-state index in [1.54, 1.807) is 12.3 Å². The molecule has 0 saturated carbocycles. The minimum atomic E-state index is -0.892. The molecule has 1 heterocycles. The average molecular weight is 464 g/mol. The van der Waals surface area contributed by atoms with Crippen LogP contribution in [0.4, 0.5) is 0 Å². The Morgan fingerprint density at radius 1 is 1.20 bits per heavy atom. The van der Waals surface area contributed by atoms with E-state index < -0.39 is 11.9 Å². The Labute approximate surface area is 141 Å². The van der Waals surface area contributed by atoms with Crippen molar-refractivity contribution in [2.24, 2.45) is 0 Å². The summed E-state index contributed by atoms with van der Waals surface area (Å²) in [5, 5.41) is 9.48. The van der Waals surface area contributed by atoms with E-state index >= 15 is 0 Å². The Hall–Kier alpha value is -0.720. The van der Waals surface area contributed by atoms with Crippen LogP contribution in [0.5, 0.6) is 0 Å². The molecule has 2 rings (SSSR count). The first-order valence-corrected chi connectivity index (χ1v) is 8.14. The molecule has 0 fully saturated rings. The molecule has 1 unspecified atom stereocenters. The lowest BCUT2D eigenvalue weighted by Gasteiger charge is -2.14.